The molecule has 6 nitrogen and oxygen atoms in total. The van der Waals surface area contributed by atoms with Gasteiger partial charge in [-0.05, 0) is 50.0 Å². The molecule has 3 N–H and O–H groups in total. The number of halogens is 2. The van der Waals surface area contributed by atoms with Gasteiger partial charge in [0.25, 0.3) is 0 Å². The van der Waals surface area contributed by atoms with Crippen molar-refractivity contribution in [2.24, 2.45) is 5.92 Å². The molecular formula is C14H18Cl2N4O2. The third-order valence-electron chi connectivity index (χ3n) is 3.69. The summed E-state index contributed by atoms with van der Waals surface area (Å²) in [5.41, 5.74) is 1.55. The molecule has 1 aromatic carbocycles. The van der Waals surface area contributed by atoms with E-state index in [2.05, 4.69) is 20.8 Å². The molecule has 3 rings (SSSR count). The van der Waals surface area contributed by atoms with Gasteiger partial charge in [-0.15, -0.1) is 17.5 Å². The average Bonchev–Trinajstić information content (AvgIpc) is 2.94. The molecule has 0 atom stereocenters. The number of H-pyrrole nitrogens is 1. The lowest BCUT2D eigenvalue weighted by Gasteiger charge is -2.23. The summed E-state index contributed by atoms with van der Waals surface area (Å²) in [6, 6.07) is 5.40. The molecule has 0 bridgehead atoms. The minimum absolute atomic E-state index is 0. The molecule has 120 valence electrons. The minimum Gasteiger partial charge on any atom is -0.388 e. The standard InChI is InChI=1S/C14H17ClN4O2.ClH/c15-11-2-1-10(13-18-19-14(20)21-13)7-12(11)17-8-9-3-5-16-6-4-9;/h1-2,7,9,16-17H,3-6,8H2,(H,19,20);1H. The molecule has 0 unspecified atom stereocenters. The largest absolute Gasteiger partial charge is 0.434 e. The zero-order valence-electron chi connectivity index (χ0n) is 11.9. The second kappa shape index (κ2) is 7.67. The Labute approximate surface area is 139 Å². The fourth-order valence-electron chi connectivity index (χ4n) is 2.49. The maximum absolute atomic E-state index is 11.0. The quantitative estimate of drug-likeness (QED) is 0.793. The van der Waals surface area contributed by atoms with E-state index < -0.39 is 5.76 Å². The summed E-state index contributed by atoms with van der Waals surface area (Å²) in [5, 5.41) is 13.5. The highest BCUT2D eigenvalue weighted by Gasteiger charge is 2.14. The van der Waals surface area contributed by atoms with Crippen LogP contribution < -0.4 is 16.4 Å². The van der Waals surface area contributed by atoms with Crippen LogP contribution in [0.4, 0.5) is 5.69 Å². The molecule has 0 saturated carbocycles. The molecule has 0 aliphatic carbocycles. The lowest BCUT2D eigenvalue weighted by molar-refractivity contribution is 0.390. The fourth-order valence-corrected chi connectivity index (χ4v) is 2.67. The number of aromatic nitrogens is 2. The molecule has 0 amide bonds. The summed E-state index contributed by atoms with van der Waals surface area (Å²) in [6.07, 6.45) is 2.33. The van der Waals surface area contributed by atoms with Crippen LogP contribution in [0.5, 0.6) is 0 Å². The highest BCUT2D eigenvalue weighted by molar-refractivity contribution is 6.33. The molecule has 2 aromatic rings. The highest BCUT2D eigenvalue weighted by atomic mass is 35.5. The number of benzene rings is 1. The van der Waals surface area contributed by atoms with E-state index in [1.54, 1.807) is 12.1 Å². The normalized spacial score (nSPS) is 15.3. The Morgan fingerprint density at radius 3 is 2.82 bits per heavy atom. The summed E-state index contributed by atoms with van der Waals surface area (Å²) in [5.74, 6) is 0.347. The van der Waals surface area contributed by atoms with Crippen LogP contribution in [0, 0.1) is 5.92 Å². The summed E-state index contributed by atoms with van der Waals surface area (Å²) >= 11 is 6.21. The van der Waals surface area contributed by atoms with E-state index in [1.165, 1.54) is 12.8 Å². The van der Waals surface area contributed by atoms with E-state index in [4.69, 9.17) is 16.0 Å². The van der Waals surface area contributed by atoms with Crippen molar-refractivity contribution >= 4 is 29.7 Å². The zero-order valence-corrected chi connectivity index (χ0v) is 13.5. The first-order valence-corrected chi connectivity index (χ1v) is 7.40. The number of nitrogens with one attached hydrogen (secondary N) is 3. The van der Waals surface area contributed by atoms with Crippen molar-refractivity contribution in [3.05, 3.63) is 33.8 Å². The third kappa shape index (κ3) is 4.03. The van der Waals surface area contributed by atoms with Crippen LogP contribution in [0.25, 0.3) is 11.5 Å². The summed E-state index contributed by atoms with van der Waals surface area (Å²) in [7, 11) is 0. The number of nitrogens with zero attached hydrogens (tertiary/aromatic N) is 1. The van der Waals surface area contributed by atoms with Gasteiger partial charge in [-0.2, -0.15) is 0 Å². The first-order chi connectivity index (χ1) is 10.2. The smallest absolute Gasteiger partial charge is 0.388 e. The van der Waals surface area contributed by atoms with E-state index >= 15 is 0 Å². The second-order valence-electron chi connectivity index (χ2n) is 5.19. The SMILES string of the molecule is Cl.O=c1[nH]nc(-c2ccc(Cl)c(NCC3CCNCC3)c2)o1. The van der Waals surface area contributed by atoms with E-state index in [1.807, 2.05) is 6.07 Å². The molecule has 1 saturated heterocycles. The second-order valence-corrected chi connectivity index (χ2v) is 5.59. The van der Waals surface area contributed by atoms with Gasteiger partial charge < -0.3 is 15.1 Å². The van der Waals surface area contributed by atoms with Gasteiger partial charge in [0.15, 0.2) is 0 Å². The van der Waals surface area contributed by atoms with E-state index in [0.717, 1.165) is 25.3 Å². The number of hydrogen-bond donors (Lipinski definition) is 3. The van der Waals surface area contributed by atoms with Crippen molar-refractivity contribution in [1.29, 1.82) is 0 Å². The molecule has 22 heavy (non-hydrogen) atoms. The predicted octanol–water partition coefficient (Wildman–Crippen LogP) is 2.52. The van der Waals surface area contributed by atoms with Crippen LogP contribution in [-0.2, 0) is 0 Å². The minimum atomic E-state index is -0.566. The van der Waals surface area contributed by atoms with Crippen LogP contribution in [0.1, 0.15) is 12.8 Å². The van der Waals surface area contributed by atoms with Gasteiger partial charge in [0, 0.05) is 12.1 Å². The molecule has 1 aliphatic heterocycles. The van der Waals surface area contributed by atoms with Crippen LogP contribution in [0.2, 0.25) is 5.02 Å². The van der Waals surface area contributed by atoms with Crippen molar-refractivity contribution in [2.75, 3.05) is 25.0 Å². The summed E-state index contributed by atoms with van der Waals surface area (Å²) < 4.78 is 4.96. The van der Waals surface area contributed by atoms with Crippen molar-refractivity contribution in [3.63, 3.8) is 0 Å². The van der Waals surface area contributed by atoms with E-state index in [0.29, 0.717) is 16.5 Å². The van der Waals surface area contributed by atoms with Crippen LogP contribution in [0.3, 0.4) is 0 Å². The molecule has 8 heteroatoms. The van der Waals surface area contributed by atoms with Crippen molar-refractivity contribution in [1.82, 2.24) is 15.5 Å². The lowest BCUT2D eigenvalue weighted by atomic mass is 9.98. The Hall–Kier alpha value is -1.50. The molecule has 1 aliphatic rings. The maximum atomic E-state index is 11.0. The monoisotopic (exact) mass is 344 g/mol. The molecule has 1 fully saturated rings. The Kier molecular flexibility index (Phi) is 5.88. The number of anilines is 1. The zero-order chi connectivity index (χ0) is 14.7. The first-order valence-electron chi connectivity index (χ1n) is 7.02. The predicted molar refractivity (Wildman–Crippen MR) is 88.9 cm³/mol. The van der Waals surface area contributed by atoms with Gasteiger partial charge in [-0.3, -0.25) is 0 Å². The van der Waals surface area contributed by atoms with Crippen molar-refractivity contribution in [2.45, 2.75) is 12.8 Å². The molecule has 0 radical (unpaired) electrons. The Morgan fingerprint density at radius 2 is 2.14 bits per heavy atom. The maximum Gasteiger partial charge on any atom is 0.434 e. The van der Waals surface area contributed by atoms with Gasteiger partial charge in [0.05, 0.1) is 10.7 Å². The van der Waals surface area contributed by atoms with E-state index in [-0.39, 0.29) is 18.3 Å². The lowest BCUT2D eigenvalue weighted by Crippen LogP contribution is -2.31. The summed E-state index contributed by atoms with van der Waals surface area (Å²) in [4.78, 5) is 11.0. The average molecular weight is 345 g/mol. The number of piperidine rings is 1. The van der Waals surface area contributed by atoms with Gasteiger partial charge in [0.2, 0.25) is 5.89 Å². The van der Waals surface area contributed by atoms with Gasteiger partial charge >= 0.3 is 5.76 Å². The number of aromatic amines is 1. The van der Waals surface area contributed by atoms with Gasteiger partial charge in [-0.25, -0.2) is 9.89 Å². The van der Waals surface area contributed by atoms with Gasteiger partial charge in [0.1, 0.15) is 0 Å². The van der Waals surface area contributed by atoms with Crippen molar-refractivity contribution in [3.8, 4) is 11.5 Å². The Bertz CT molecular complexity index is 665. The number of hydrogen-bond acceptors (Lipinski definition) is 5. The molecule has 1 aromatic heterocycles. The van der Waals surface area contributed by atoms with Crippen LogP contribution in [-0.4, -0.2) is 29.8 Å². The molecular weight excluding hydrogens is 327 g/mol. The topological polar surface area (TPSA) is 83.0 Å². The molecule has 2 heterocycles. The highest BCUT2D eigenvalue weighted by Crippen LogP contribution is 2.28. The van der Waals surface area contributed by atoms with Crippen LogP contribution in [0.15, 0.2) is 27.4 Å². The fraction of sp³-hybridized carbons (Fsp3) is 0.429. The molecule has 0 spiro atoms. The Morgan fingerprint density at radius 1 is 1.36 bits per heavy atom. The third-order valence-corrected chi connectivity index (χ3v) is 4.02. The number of rotatable bonds is 4. The first kappa shape index (κ1) is 16.9. The van der Waals surface area contributed by atoms with E-state index in [9.17, 15) is 4.79 Å². The van der Waals surface area contributed by atoms with Gasteiger partial charge in [-0.1, -0.05) is 11.6 Å². The van der Waals surface area contributed by atoms with Crippen LogP contribution >= 0.6 is 24.0 Å². The summed E-state index contributed by atoms with van der Waals surface area (Å²) in [6.45, 7) is 3.02. The Balaban J connectivity index is 0.00000176. The van der Waals surface area contributed by atoms with Crippen molar-refractivity contribution < 1.29 is 4.42 Å².